The minimum atomic E-state index is 0.413. The zero-order chi connectivity index (χ0) is 13.2. The fourth-order valence-corrected chi connectivity index (χ4v) is 3.38. The summed E-state index contributed by atoms with van der Waals surface area (Å²) >= 11 is 0. The molecule has 1 saturated heterocycles. The highest BCUT2D eigenvalue weighted by atomic mass is 16.3. The van der Waals surface area contributed by atoms with E-state index in [2.05, 4.69) is 22.3 Å². The fourth-order valence-electron chi connectivity index (χ4n) is 3.38. The van der Waals surface area contributed by atoms with Crippen LogP contribution in [-0.4, -0.2) is 36.2 Å². The number of hydrogen-bond donors (Lipinski definition) is 2. The highest BCUT2D eigenvalue weighted by Crippen LogP contribution is 2.44. The molecule has 2 aliphatic rings. The molecule has 0 radical (unpaired) electrons. The number of phenols is 1. The highest BCUT2D eigenvalue weighted by Gasteiger charge is 2.35. The third-order valence-corrected chi connectivity index (χ3v) is 4.73. The van der Waals surface area contributed by atoms with Crippen molar-refractivity contribution in [2.45, 2.75) is 32.2 Å². The SMILES string of the molecule is Cc1cccc([C@@H](C2CCC2)N2CCNCC2)c1O. The number of nitrogens with one attached hydrogen (secondary N) is 1. The number of aromatic hydroxyl groups is 1. The van der Waals surface area contributed by atoms with Gasteiger partial charge in [-0.3, -0.25) is 4.90 Å². The number of piperazine rings is 1. The summed E-state index contributed by atoms with van der Waals surface area (Å²) in [4.78, 5) is 2.56. The van der Waals surface area contributed by atoms with Gasteiger partial charge in [0, 0.05) is 37.8 Å². The van der Waals surface area contributed by atoms with E-state index in [1.54, 1.807) is 0 Å². The van der Waals surface area contributed by atoms with Crippen molar-refractivity contribution >= 4 is 0 Å². The Hall–Kier alpha value is -1.06. The van der Waals surface area contributed by atoms with E-state index in [4.69, 9.17) is 0 Å². The highest BCUT2D eigenvalue weighted by molar-refractivity contribution is 5.42. The van der Waals surface area contributed by atoms with E-state index in [1.165, 1.54) is 19.3 Å². The Kier molecular flexibility index (Phi) is 3.76. The van der Waals surface area contributed by atoms with E-state index in [0.717, 1.165) is 43.2 Å². The second-order valence-corrected chi connectivity index (χ2v) is 5.93. The van der Waals surface area contributed by atoms with Crippen molar-refractivity contribution in [3.8, 4) is 5.75 Å². The predicted molar refractivity (Wildman–Crippen MR) is 77.4 cm³/mol. The summed E-state index contributed by atoms with van der Waals surface area (Å²) in [6.07, 6.45) is 3.96. The molecule has 2 fully saturated rings. The molecule has 1 aromatic rings. The first-order valence-corrected chi connectivity index (χ1v) is 7.50. The Balaban J connectivity index is 1.91. The standard InChI is InChI=1S/C16H24N2O/c1-12-4-2-7-14(16(12)19)15(13-5-3-6-13)18-10-8-17-9-11-18/h2,4,7,13,15,17,19H,3,5-6,8-11H2,1H3/t15-/m1/s1. The summed E-state index contributed by atoms with van der Waals surface area (Å²) in [7, 11) is 0. The first-order chi connectivity index (χ1) is 9.27. The molecule has 1 aliphatic heterocycles. The maximum atomic E-state index is 10.4. The summed E-state index contributed by atoms with van der Waals surface area (Å²) in [5.74, 6) is 1.24. The number of nitrogens with zero attached hydrogens (tertiary/aromatic N) is 1. The lowest BCUT2D eigenvalue weighted by atomic mass is 9.76. The van der Waals surface area contributed by atoms with Gasteiger partial charge in [-0.25, -0.2) is 0 Å². The van der Waals surface area contributed by atoms with E-state index in [0.29, 0.717) is 11.8 Å². The van der Waals surface area contributed by atoms with Gasteiger partial charge in [-0.1, -0.05) is 24.6 Å². The van der Waals surface area contributed by atoms with Crippen LogP contribution in [0.4, 0.5) is 0 Å². The van der Waals surface area contributed by atoms with Gasteiger partial charge in [0.1, 0.15) is 5.75 Å². The van der Waals surface area contributed by atoms with Gasteiger partial charge < -0.3 is 10.4 Å². The van der Waals surface area contributed by atoms with Gasteiger partial charge >= 0.3 is 0 Å². The second-order valence-electron chi connectivity index (χ2n) is 5.93. The molecule has 3 nitrogen and oxygen atoms in total. The van der Waals surface area contributed by atoms with Crippen LogP contribution in [0, 0.1) is 12.8 Å². The molecule has 0 bridgehead atoms. The summed E-state index contributed by atoms with van der Waals surface area (Å²) in [5, 5.41) is 13.8. The molecule has 0 amide bonds. The van der Waals surface area contributed by atoms with Crippen LogP contribution in [-0.2, 0) is 0 Å². The minimum absolute atomic E-state index is 0.413. The Morgan fingerprint density at radius 1 is 1.26 bits per heavy atom. The molecule has 1 aromatic carbocycles. The van der Waals surface area contributed by atoms with Crippen molar-refractivity contribution in [2.24, 2.45) is 5.92 Å². The molecule has 1 atom stereocenters. The van der Waals surface area contributed by atoms with Crippen LogP contribution in [0.5, 0.6) is 5.75 Å². The molecule has 3 heteroatoms. The first-order valence-electron chi connectivity index (χ1n) is 7.50. The quantitative estimate of drug-likeness (QED) is 0.876. The van der Waals surface area contributed by atoms with Crippen LogP contribution in [0.3, 0.4) is 0 Å². The number of benzene rings is 1. The molecule has 0 spiro atoms. The summed E-state index contributed by atoms with van der Waals surface area (Å²) < 4.78 is 0. The van der Waals surface area contributed by atoms with E-state index >= 15 is 0 Å². The van der Waals surface area contributed by atoms with Crippen molar-refractivity contribution in [1.29, 1.82) is 0 Å². The van der Waals surface area contributed by atoms with Crippen molar-refractivity contribution in [3.05, 3.63) is 29.3 Å². The average Bonchev–Trinajstić information content (AvgIpc) is 2.38. The van der Waals surface area contributed by atoms with E-state index in [9.17, 15) is 5.11 Å². The maximum absolute atomic E-state index is 10.4. The molecular formula is C16H24N2O. The number of aryl methyl sites for hydroxylation is 1. The summed E-state index contributed by atoms with van der Waals surface area (Å²) in [5.41, 5.74) is 2.14. The third kappa shape index (κ3) is 2.49. The molecule has 0 aromatic heterocycles. The van der Waals surface area contributed by atoms with Crippen LogP contribution in [0.1, 0.15) is 36.4 Å². The molecule has 1 aliphatic carbocycles. The van der Waals surface area contributed by atoms with Crippen LogP contribution >= 0.6 is 0 Å². The second kappa shape index (κ2) is 5.51. The van der Waals surface area contributed by atoms with Gasteiger partial charge in [0.2, 0.25) is 0 Å². The average molecular weight is 260 g/mol. The van der Waals surface area contributed by atoms with Crippen LogP contribution in [0.15, 0.2) is 18.2 Å². The van der Waals surface area contributed by atoms with Gasteiger partial charge in [-0.05, 0) is 31.2 Å². The molecule has 104 valence electrons. The zero-order valence-corrected chi connectivity index (χ0v) is 11.7. The molecule has 2 N–H and O–H groups in total. The smallest absolute Gasteiger partial charge is 0.123 e. The van der Waals surface area contributed by atoms with Crippen molar-refractivity contribution < 1.29 is 5.11 Å². The molecule has 1 saturated carbocycles. The summed E-state index contributed by atoms with van der Waals surface area (Å²) in [6.45, 7) is 6.31. The monoisotopic (exact) mass is 260 g/mol. The number of para-hydroxylation sites is 1. The van der Waals surface area contributed by atoms with Gasteiger partial charge in [-0.2, -0.15) is 0 Å². The van der Waals surface area contributed by atoms with Crippen LogP contribution in [0.25, 0.3) is 0 Å². The van der Waals surface area contributed by atoms with Crippen molar-refractivity contribution in [3.63, 3.8) is 0 Å². The topological polar surface area (TPSA) is 35.5 Å². The van der Waals surface area contributed by atoms with Crippen molar-refractivity contribution in [1.82, 2.24) is 10.2 Å². The minimum Gasteiger partial charge on any atom is -0.507 e. The van der Waals surface area contributed by atoms with E-state index in [1.807, 2.05) is 13.0 Å². The molecule has 19 heavy (non-hydrogen) atoms. The first kappa shape index (κ1) is 12.9. The number of rotatable bonds is 3. The molecular weight excluding hydrogens is 236 g/mol. The maximum Gasteiger partial charge on any atom is 0.123 e. The molecule has 3 rings (SSSR count). The van der Waals surface area contributed by atoms with Crippen molar-refractivity contribution in [2.75, 3.05) is 26.2 Å². The number of phenolic OH excluding ortho intramolecular Hbond substituents is 1. The van der Waals surface area contributed by atoms with Gasteiger partial charge in [0.15, 0.2) is 0 Å². The summed E-state index contributed by atoms with van der Waals surface area (Å²) in [6, 6.07) is 6.61. The normalized spacial score (nSPS) is 23.0. The van der Waals surface area contributed by atoms with Crippen LogP contribution < -0.4 is 5.32 Å². The fraction of sp³-hybridized carbons (Fsp3) is 0.625. The zero-order valence-electron chi connectivity index (χ0n) is 11.7. The Morgan fingerprint density at radius 3 is 2.63 bits per heavy atom. The molecule has 1 heterocycles. The van der Waals surface area contributed by atoms with E-state index in [-0.39, 0.29) is 0 Å². The van der Waals surface area contributed by atoms with Crippen LogP contribution in [0.2, 0.25) is 0 Å². The molecule has 0 unspecified atom stereocenters. The van der Waals surface area contributed by atoms with Gasteiger partial charge in [0.25, 0.3) is 0 Å². The lowest BCUT2D eigenvalue weighted by Gasteiger charge is -2.43. The number of hydrogen-bond acceptors (Lipinski definition) is 3. The largest absolute Gasteiger partial charge is 0.507 e. The van der Waals surface area contributed by atoms with Gasteiger partial charge in [0.05, 0.1) is 0 Å². The van der Waals surface area contributed by atoms with Gasteiger partial charge in [-0.15, -0.1) is 0 Å². The Bertz CT molecular complexity index is 436. The Morgan fingerprint density at radius 2 is 2.00 bits per heavy atom. The third-order valence-electron chi connectivity index (χ3n) is 4.73. The lowest BCUT2D eigenvalue weighted by molar-refractivity contribution is 0.0819. The lowest BCUT2D eigenvalue weighted by Crippen LogP contribution is -2.47. The Labute approximate surface area is 115 Å². The predicted octanol–water partition coefficient (Wildman–Crippen LogP) is 2.45. The van der Waals surface area contributed by atoms with E-state index < -0.39 is 0 Å².